The summed E-state index contributed by atoms with van der Waals surface area (Å²) >= 11 is 1.84. The molecule has 0 radical (unpaired) electrons. The third kappa shape index (κ3) is 2.24. The predicted octanol–water partition coefficient (Wildman–Crippen LogP) is 1.93. The van der Waals surface area contributed by atoms with Crippen LogP contribution in [0.15, 0.2) is 23.1 Å². The fraction of sp³-hybridized carbons (Fsp3) is 0.500. The van der Waals surface area contributed by atoms with Crippen LogP contribution in [-0.4, -0.2) is 30.6 Å². The number of nitrogens with one attached hydrogen (secondary N) is 1. The summed E-state index contributed by atoms with van der Waals surface area (Å²) in [6, 6.07) is 5.39. The molecule has 0 bridgehead atoms. The fourth-order valence-corrected chi connectivity index (χ4v) is 2.99. The van der Waals surface area contributed by atoms with Gasteiger partial charge < -0.3 is 10.4 Å². The van der Waals surface area contributed by atoms with Gasteiger partial charge in [-0.25, -0.2) is 4.39 Å². The third-order valence-corrected chi connectivity index (χ3v) is 4.09. The molecule has 1 aromatic carbocycles. The lowest BCUT2D eigenvalue weighted by Gasteiger charge is -2.20. The summed E-state index contributed by atoms with van der Waals surface area (Å²) in [5.41, 5.74) is 2.08. The number of aryl methyl sites for hydroxylation is 1. The Kier molecular flexibility index (Phi) is 3.84. The van der Waals surface area contributed by atoms with Crippen LogP contribution in [0.2, 0.25) is 0 Å². The van der Waals surface area contributed by atoms with E-state index >= 15 is 0 Å². The third-order valence-electron chi connectivity index (χ3n) is 2.97. The van der Waals surface area contributed by atoms with Crippen molar-refractivity contribution in [2.24, 2.45) is 0 Å². The van der Waals surface area contributed by atoms with Crippen molar-refractivity contribution in [3.05, 3.63) is 29.3 Å². The van der Waals surface area contributed by atoms with E-state index in [2.05, 4.69) is 5.32 Å². The van der Waals surface area contributed by atoms with Gasteiger partial charge in [-0.3, -0.25) is 0 Å². The molecule has 0 saturated heterocycles. The van der Waals surface area contributed by atoms with E-state index in [1.165, 1.54) is 10.5 Å². The van der Waals surface area contributed by atoms with E-state index in [-0.39, 0.29) is 0 Å². The van der Waals surface area contributed by atoms with Crippen LogP contribution in [0.4, 0.5) is 4.39 Å². The molecule has 2 nitrogen and oxygen atoms in total. The van der Waals surface area contributed by atoms with Crippen molar-refractivity contribution in [3.63, 3.8) is 0 Å². The van der Waals surface area contributed by atoms with E-state index in [0.717, 1.165) is 17.7 Å². The summed E-state index contributed by atoms with van der Waals surface area (Å²) < 4.78 is 12.6. The second-order valence-electron chi connectivity index (χ2n) is 3.96. The largest absolute Gasteiger partial charge is 0.387 e. The van der Waals surface area contributed by atoms with E-state index in [4.69, 9.17) is 0 Å². The van der Waals surface area contributed by atoms with Crippen molar-refractivity contribution in [1.29, 1.82) is 0 Å². The molecule has 0 aliphatic carbocycles. The molecule has 2 unspecified atom stereocenters. The Morgan fingerprint density at radius 2 is 2.38 bits per heavy atom. The summed E-state index contributed by atoms with van der Waals surface area (Å²) in [5.74, 6) is 1.10. The van der Waals surface area contributed by atoms with Crippen molar-refractivity contribution in [1.82, 2.24) is 5.32 Å². The van der Waals surface area contributed by atoms with Crippen LogP contribution in [0.3, 0.4) is 0 Å². The van der Waals surface area contributed by atoms with E-state index in [1.54, 1.807) is 7.05 Å². The number of halogens is 1. The van der Waals surface area contributed by atoms with Crippen LogP contribution in [0.5, 0.6) is 0 Å². The first kappa shape index (κ1) is 11.9. The summed E-state index contributed by atoms with van der Waals surface area (Å²) in [4.78, 5) is 1.29. The lowest BCUT2D eigenvalue weighted by Crippen LogP contribution is -2.34. The lowest BCUT2D eigenvalue weighted by molar-refractivity contribution is 0.117. The Balaban J connectivity index is 2.20. The van der Waals surface area contributed by atoms with Crippen molar-refractivity contribution < 1.29 is 9.50 Å². The average Bonchev–Trinajstić information content (AvgIpc) is 2.77. The number of alkyl halides is 1. The maximum absolute atomic E-state index is 12.6. The zero-order valence-corrected chi connectivity index (χ0v) is 10.1. The highest BCUT2D eigenvalue weighted by Crippen LogP contribution is 2.33. The number of aliphatic hydroxyl groups is 1. The average molecular weight is 241 g/mol. The normalized spacial score (nSPS) is 18.2. The molecule has 4 heteroatoms. The molecule has 0 aromatic heterocycles. The molecule has 88 valence electrons. The highest BCUT2D eigenvalue weighted by molar-refractivity contribution is 7.99. The van der Waals surface area contributed by atoms with Gasteiger partial charge in [0.25, 0.3) is 0 Å². The van der Waals surface area contributed by atoms with Gasteiger partial charge in [0.05, 0.1) is 12.1 Å². The molecule has 0 saturated carbocycles. The molecule has 16 heavy (non-hydrogen) atoms. The summed E-state index contributed by atoms with van der Waals surface area (Å²) in [7, 11) is 1.66. The maximum atomic E-state index is 12.6. The van der Waals surface area contributed by atoms with Crippen molar-refractivity contribution in [3.8, 4) is 0 Å². The van der Waals surface area contributed by atoms with E-state index in [0.29, 0.717) is 0 Å². The van der Waals surface area contributed by atoms with Crippen molar-refractivity contribution in [2.45, 2.75) is 23.5 Å². The Morgan fingerprint density at radius 1 is 1.56 bits per heavy atom. The molecule has 0 fully saturated rings. The molecular weight excluding hydrogens is 225 g/mol. The monoisotopic (exact) mass is 241 g/mol. The lowest BCUT2D eigenvalue weighted by atomic mass is 10.00. The second-order valence-corrected chi connectivity index (χ2v) is 5.10. The zero-order chi connectivity index (χ0) is 11.5. The van der Waals surface area contributed by atoms with Crippen LogP contribution in [0.1, 0.15) is 17.2 Å². The number of likely N-dealkylation sites (N-methyl/N-ethyl adjacent to an activating group) is 1. The van der Waals surface area contributed by atoms with Gasteiger partial charge in [0.2, 0.25) is 0 Å². The van der Waals surface area contributed by atoms with Gasteiger partial charge in [-0.05, 0) is 30.7 Å². The molecule has 1 aliphatic rings. The number of fused-ring (bicyclic) bond motifs is 1. The molecule has 0 spiro atoms. The first-order chi connectivity index (χ1) is 7.76. The molecule has 2 rings (SSSR count). The standard InChI is InChI=1S/C12H16FNOS/c1-14-10(7-13)12(15)9-2-3-11-8(6-9)4-5-16-11/h2-3,6,10,12,14-15H,4-5,7H2,1H3. The first-order valence-corrected chi connectivity index (χ1v) is 6.41. The Bertz CT molecular complexity index is 368. The highest BCUT2D eigenvalue weighted by Gasteiger charge is 2.21. The Hall–Kier alpha value is -0.580. The topological polar surface area (TPSA) is 32.3 Å². The van der Waals surface area contributed by atoms with Crippen molar-refractivity contribution in [2.75, 3.05) is 19.5 Å². The summed E-state index contributed by atoms with van der Waals surface area (Å²) in [6.45, 7) is -0.566. The molecule has 1 aliphatic heterocycles. The van der Waals surface area contributed by atoms with Gasteiger partial charge in [-0.15, -0.1) is 11.8 Å². The van der Waals surface area contributed by atoms with Crippen LogP contribution < -0.4 is 5.32 Å². The molecule has 1 aromatic rings. The SMILES string of the molecule is CNC(CF)C(O)c1ccc2c(c1)CCS2. The molecule has 1 heterocycles. The van der Waals surface area contributed by atoms with Gasteiger partial charge in [-0.1, -0.05) is 12.1 Å². The van der Waals surface area contributed by atoms with E-state index in [9.17, 15) is 9.50 Å². The zero-order valence-electron chi connectivity index (χ0n) is 9.24. The van der Waals surface area contributed by atoms with Gasteiger partial charge in [-0.2, -0.15) is 0 Å². The van der Waals surface area contributed by atoms with Gasteiger partial charge >= 0.3 is 0 Å². The number of hydrogen-bond acceptors (Lipinski definition) is 3. The summed E-state index contributed by atoms with van der Waals surface area (Å²) in [6.07, 6.45) is 0.270. The number of rotatable bonds is 4. The summed E-state index contributed by atoms with van der Waals surface area (Å²) in [5, 5.41) is 12.8. The van der Waals surface area contributed by atoms with Crippen LogP contribution in [0, 0.1) is 0 Å². The van der Waals surface area contributed by atoms with E-state index in [1.807, 2.05) is 30.0 Å². The number of aliphatic hydroxyl groups excluding tert-OH is 1. The first-order valence-electron chi connectivity index (χ1n) is 5.43. The smallest absolute Gasteiger partial charge is 0.108 e. The minimum Gasteiger partial charge on any atom is -0.387 e. The number of benzene rings is 1. The molecule has 2 N–H and O–H groups in total. The maximum Gasteiger partial charge on any atom is 0.108 e. The minimum absolute atomic E-state index is 0.521. The molecule has 2 atom stereocenters. The Labute approximate surface area is 99.2 Å². The minimum atomic E-state index is -0.772. The van der Waals surface area contributed by atoms with Crippen LogP contribution >= 0.6 is 11.8 Å². The van der Waals surface area contributed by atoms with Gasteiger partial charge in [0, 0.05) is 10.6 Å². The van der Waals surface area contributed by atoms with E-state index < -0.39 is 18.8 Å². The highest BCUT2D eigenvalue weighted by atomic mass is 32.2. The quantitative estimate of drug-likeness (QED) is 0.845. The number of thioether (sulfide) groups is 1. The van der Waals surface area contributed by atoms with Gasteiger partial charge in [0.1, 0.15) is 6.67 Å². The van der Waals surface area contributed by atoms with Crippen molar-refractivity contribution >= 4 is 11.8 Å². The number of hydrogen-bond donors (Lipinski definition) is 2. The van der Waals surface area contributed by atoms with Crippen LogP contribution in [0.25, 0.3) is 0 Å². The molecule has 0 amide bonds. The van der Waals surface area contributed by atoms with Crippen LogP contribution in [-0.2, 0) is 6.42 Å². The second kappa shape index (κ2) is 5.17. The Morgan fingerprint density at radius 3 is 3.06 bits per heavy atom. The fourth-order valence-electron chi connectivity index (χ4n) is 1.94. The van der Waals surface area contributed by atoms with Gasteiger partial charge in [0.15, 0.2) is 0 Å². The molecular formula is C12H16FNOS. The predicted molar refractivity (Wildman–Crippen MR) is 64.7 cm³/mol.